The second kappa shape index (κ2) is 5.11. The second-order valence-electron chi connectivity index (χ2n) is 6.94. The van der Waals surface area contributed by atoms with Crippen LogP contribution in [0.25, 0.3) is 0 Å². The number of halogens is 1. The number of hydrogen-bond donors (Lipinski definition) is 1. The van der Waals surface area contributed by atoms with Gasteiger partial charge in [0.05, 0.1) is 0 Å². The Hall–Kier alpha value is -0.380. The van der Waals surface area contributed by atoms with E-state index in [1.165, 1.54) is 42.1 Å². The Balaban J connectivity index is 1.67. The van der Waals surface area contributed by atoms with Gasteiger partial charge in [-0.3, -0.25) is 4.90 Å². The average Bonchev–Trinajstić information content (AvgIpc) is 2.43. The summed E-state index contributed by atoms with van der Waals surface area (Å²) in [4.78, 5) is 2.78. The van der Waals surface area contributed by atoms with Gasteiger partial charge in [-0.15, -0.1) is 0 Å². The van der Waals surface area contributed by atoms with Crippen LogP contribution in [0, 0.1) is 11.8 Å². The van der Waals surface area contributed by atoms with Gasteiger partial charge in [0.1, 0.15) is 0 Å². The SMILES string of the molecule is NCC(c1ccccc1Br)N1C2CC3CC(C2)CC1C3. The molecule has 0 aromatic heterocycles. The van der Waals surface area contributed by atoms with Crippen LogP contribution in [0.1, 0.15) is 43.7 Å². The van der Waals surface area contributed by atoms with Gasteiger partial charge in [-0.05, 0) is 55.6 Å². The summed E-state index contributed by atoms with van der Waals surface area (Å²) in [6.45, 7) is 0.727. The van der Waals surface area contributed by atoms with Gasteiger partial charge >= 0.3 is 0 Å². The molecule has 1 unspecified atom stereocenters. The normalized spacial score (nSPS) is 37.3. The van der Waals surface area contributed by atoms with E-state index in [0.717, 1.165) is 30.5 Å². The molecule has 0 spiro atoms. The highest BCUT2D eigenvalue weighted by molar-refractivity contribution is 9.10. The molecule has 1 atom stereocenters. The minimum atomic E-state index is 0.389. The maximum absolute atomic E-state index is 6.19. The van der Waals surface area contributed by atoms with E-state index in [2.05, 4.69) is 45.1 Å². The molecule has 1 aromatic rings. The Bertz CT molecular complexity index is 474. The predicted molar refractivity (Wildman–Crippen MR) is 85.4 cm³/mol. The molecule has 0 radical (unpaired) electrons. The maximum atomic E-state index is 6.19. The molecule has 4 aliphatic rings. The van der Waals surface area contributed by atoms with Crippen molar-refractivity contribution >= 4 is 15.9 Å². The van der Waals surface area contributed by atoms with Crippen LogP contribution >= 0.6 is 15.9 Å². The van der Waals surface area contributed by atoms with Crippen LogP contribution < -0.4 is 5.73 Å². The van der Waals surface area contributed by atoms with Crippen molar-refractivity contribution in [3.05, 3.63) is 34.3 Å². The molecular formula is C17H23BrN2. The molecule has 3 heteroatoms. The smallest absolute Gasteiger partial charge is 0.0487 e. The molecule has 4 bridgehead atoms. The van der Waals surface area contributed by atoms with Crippen molar-refractivity contribution in [1.29, 1.82) is 0 Å². The van der Waals surface area contributed by atoms with E-state index in [1.807, 2.05) is 0 Å². The molecule has 2 saturated heterocycles. The van der Waals surface area contributed by atoms with E-state index in [0.29, 0.717) is 6.04 Å². The summed E-state index contributed by atoms with van der Waals surface area (Å²) in [5.41, 5.74) is 7.57. The van der Waals surface area contributed by atoms with E-state index in [1.54, 1.807) is 0 Å². The number of hydrogen-bond acceptors (Lipinski definition) is 2. The van der Waals surface area contributed by atoms with Crippen LogP contribution in [0.15, 0.2) is 28.7 Å². The predicted octanol–water partition coefficient (Wildman–Crippen LogP) is 3.71. The first-order valence-electron chi connectivity index (χ1n) is 7.98. The van der Waals surface area contributed by atoms with Gasteiger partial charge < -0.3 is 5.73 Å². The summed E-state index contributed by atoms with van der Waals surface area (Å²) in [6, 6.07) is 10.6. The molecule has 5 rings (SSSR count). The summed E-state index contributed by atoms with van der Waals surface area (Å²) < 4.78 is 1.21. The quantitative estimate of drug-likeness (QED) is 0.912. The summed E-state index contributed by atoms with van der Waals surface area (Å²) in [7, 11) is 0. The molecule has 0 amide bonds. The molecule has 2 heterocycles. The van der Waals surface area contributed by atoms with Crippen molar-refractivity contribution in [1.82, 2.24) is 4.90 Å². The molecule has 2 aliphatic heterocycles. The Morgan fingerprint density at radius 1 is 1.05 bits per heavy atom. The Kier molecular flexibility index (Phi) is 3.40. The fourth-order valence-corrected chi connectivity index (χ4v) is 5.78. The third-order valence-electron chi connectivity index (χ3n) is 5.78. The molecule has 108 valence electrons. The standard InChI is InChI=1S/C17H23BrN2/c18-16-4-2-1-3-15(16)17(10-19)20-13-6-11-5-12(8-13)9-14(20)7-11/h1-4,11-14,17H,5-10,19H2. The largest absolute Gasteiger partial charge is 0.329 e. The van der Waals surface area contributed by atoms with E-state index in [4.69, 9.17) is 5.73 Å². The Labute approximate surface area is 129 Å². The van der Waals surface area contributed by atoms with E-state index in [9.17, 15) is 0 Å². The lowest BCUT2D eigenvalue weighted by atomic mass is 9.63. The van der Waals surface area contributed by atoms with E-state index < -0.39 is 0 Å². The highest BCUT2D eigenvalue weighted by Gasteiger charge is 2.48. The third kappa shape index (κ3) is 2.06. The molecule has 2 N–H and O–H groups in total. The number of nitrogens with zero attached hydrogens (tertiary/aromatic N) is 1. The van der Waals surface area contributed by atoms with Crippen LogP contribution in [-0.4, -0.2) is 23.5 Å². The van der Waals surface area contributed by atoms with Crippen molar-refractivity contribution in [2.75, 3.05) is 6.54 Å². The van der Waals surface area contributed by atoms with Gasteiger partial charge in [0.2, 0.25) is 0 Å². The summed E-state index contributed by atoms with van der Waals surface area (Å²) >= 11 is 3.72. The zero-order valence-electron chi connectivity index (χ0n) is 11.8. The van der Waals surface area contributed by atoms with E-state index in [-0.39, 0.29) is 0 Å². The van der Waals surface area contributed by atoms with Crippen LogP contribution in [-0.2, 0) is 0 Å². The summed E-state index contributed by atoms with van der Waals surface area (Å²) in [6.07, 6.45) is 7.15. The first kappa shape index (κ1) is 13.3. The lowest BCUT2D eigenvalue weighted by molar-refractivity contribution is -0.0815. The maximum Gasteiger partial charge on any atom is 0.0487 e. The lowest BCUT2D eigenvalue weighted by Crippen LogP contribution is -2.59. The van der Waals surface area contributed by atoms with Gasteiger partial charge in [0.25, 0.3) is 0 Å². The van der Waals surface area contributed by atoms with Crippen LogP contribution in [0.3, 0.4) is 0 Å². The van der Waals surface area contributed by atoms with Crippen molar-refractivity contribution in [3.63, 3.8) is 0 Å². The van der Waals surface area contributed by atoms with E-state index >= 15 is 0 Å². The highest BCUT2D eigenvalue weighted by Crippen LogP contribution is 2.51. The Morgan fingerprint density at radius 2 is 1.65 bits per heavy atom. The fourth-order valence-electron chi connectivity index (χ4n) is 5.23. The number of rotatable bonds is 3. The lowest BCUT2D eigenvalue weighted by Gasteiger charge is -2.58. The van der Waals surface area contributed by atoms with Crippen molar-refractivity contribution in [2.24, 2.45) is 17.6 Å². The first-order chi connectivity index (χ1) is 9.76. The van der Waals surface area contributed by atoms with Crippen molar-refractivity contribution < 1.29 is 0 Å². The third-order valence-corrected chi connectivity index (χ3v) is 6.50. The van der Waals surface area contributed by atoms with Gasteiger partial charge in [-0.25, -0.2) is 0 Å². The number of benzene rings is 1. The van der Waals surface area contributed by atoms with Crippen molar-refractivity contribution in [2.45, 2.75) is 50.2 Å². The fraction of sp³-hybridized carbons (Fsp3) is 0.647. The summed E-state index contributed by atoms with van der Waals surface area (Å²) in [5.74, 6) is 2.01. The zero-order chi connectivity index (χ0) is 13.7. The molecule has 1 aromatic carbocycles. The average molecular weight is 335 g/mol. The number of piperidine rings is 2. The van der Waals surface area contributed by atoms with Crippen molar-refractivity contribution in [3.8, 4) is 0 Å². The van der Waals surface area contributed by atoms with Gasteiger partial charge in [-0.1, -0.05) is 34.1 Å². The van der Waals surface area contributed by atoms with Gasteiger partial charge in [0.15, 0.2) is 0 Å². The van der Waals surface area contributed by atoms with Gasteiger partial charge in [0, 0.05) is 29.1 Å². The Morgan fingerprint density at radius 3 is 2.20 bits per heavy atom. The zero-order valence-corrected chi connectivity index (χ0v) is 13.4. The molecule has 4 fully saturated rings. The molecule has 2 aliphatic carbocycles. The number of nitrogens with two attached hydrogens (primary N) is 1. The highest BCUT2D eigenvalue weighted by atomic mass is 79.9. The molecule has 2 saturated carbocycles. The van der Waals surface area contributed by atoms with Crippen LogP contribution in [0.4, 0.5) is 0 Å². The minimum Gasteiger partial charge on any atom is -0.329 e. The molecule has 2 nitrogen and oxygen atoms in total. The van der Waals surface area contributed by atoms with Crippen LogP contribution in [0.5, 0.6) is 0 Å². The summed E-state index contributed by atoms with van der Waals surface area (Å²) in [5, 5.41) is 0. The minimum absolute atomic E-state index is 0.389. The molecule has 20 heavy (non-hydrogen) atoms. The second-order valence-corrected chi connectivity index (χ2v) is 7.79. The topological polar surface area (TPSA) is 29.3 Å². The van der Waals surface area contributed by atoms with Gasteiger partial charge in [-0.2, -0.15) is 0 Å². The molecular weight excluding hydrogens is 312 g/mol. The monoisotopic (exact) mass is 334 g/mol. The van der Waals surface area contributed by atoms with Crippen LogP contribution in [0.2, 0.25) is 0 Å². The first-order valence-corrected chi connectivity index (χ1v) is 8.77.